The summed E-state index contributed by atoms with van der Waals surface area (Å²) in [6.45, 7) is 11.4. The summed E-state index contributed by atoms with van der Waals surface area (Å²) in [5.74, 6) is 1.55. The van der Waals surface area contributed by atoms with E-state index in [2.05, 4.69) is 65.2 Å². The Bertz CT molecular complexity index is 348. The largest absolute Gasteiger partial charge is 0.313 e. The summed E-state index contributed by atoms with van der Waals surface area (Å²) in [5.41, 5.74) is 4.31. The van der Waals surface area contributed by atoms with Gasteiger partial charge >= 0.3 is 0 Å². The van der Waals surface area contributed by atoms with E-state index < -0.39 is 0 Å². The number of hydrogen-bond donors (Lipinski definition) is 1. The van der Waals surface area contributed by atoms with Gasteiger partial charge in [-0.05, 0) is 62.3 Å². The molecule has 1 rings (SSSR count). The van der Waals surface area contributed by atoms with Gasteiger partial charge in [-0.1, -0.05) is 39.0 Å². The Morgan fingerprint density at radius 3 is 2.00 bits per heavy atom. The smallest absolute Gasteiger partial charge is 0.0325 e. The maximum atomic E-state index is 3.50. The third kappa shape index (κ3) is 4.13. The minimum atomic E-state index is 0.486. The quantitative estimate of drug-likeness (QED) is 0.772. The first-order valence-electron chi connectivity index (χ1n) is 7.19. The van der Waals surface area contributed by atoms with Crippen LogP contribution in [0.5, 0.6) is 0 Å². The second kappa shape index (κ2) is 6.94. The maximum absolute atomic E-state index is 3.50. The summed E-state index contributed by atoms with van der Waals surface area (Å²) < 4.78 is 0. The molecular weight excluding hydrogens is 218 g/mol. The molecule has 1 N–H and O–H groups in total. The van der Waals surface area contributed by atoms with Crippen LogP contribution in [0.4, 0.5) is 0 Å². The molecule has 18 heavy (non-hydrogen) atoms. The van der Waals surface area contributed by atoms with Crippen molar-refractivity contribution in [2.75, 3.05) is 7.05 Å². The summed E-state index contributed by atoms with van der Waals surface area (Å²) in [5, 5.41) is 3.50. The standard InChI is InChI=1S/C17H29N/c1-12(2)10-13(3)11-16(18-6)17-14(4)8-7-9-15(17)5/h7-9,12-13,16,18H,10-11H2,1-6H3. The molecule has 102 valence electrons. The average molecular weight is 247 g/mol. The van der Waals surface area contributed by atoms with Gasteiger partial charge < -0.3 is 5.32 Å². The number of aryl methyl sites for hydroxylation is 2. The molecule has 1 aromatic carbocycles. The number of hydrogen-bond acceptors (Lipinski definition) is 1. The second-order valence-electron chi connectivity index (χ2n) is 6.12. The van der Waals surface area contributed by atoms with Crippen molar-refractivity contribution < 1.29 is 0 Å². The van der Waals surface area contributed by atoms with Crippen molar-refractivity contribution >= 4 is 0 Å². The summed E-state index contributed by atoms with van der Waals surface area (Å²) in [6.07, 6.45) is 2.53. The van der Waals surface area contributed by atoms with Crippen molar-refractivity contribution in [2.45, 2.75) is 53.5 Å². The zero-order valence-electron chi connectivity index (χ0n) is 12.9. The predicted molar refractivity (Wildman–Crippen MR) is 81.0 cm³/mol. The number of nitrogens with one attached hydrogen (secondary N) is 1. The Morgan fingerprint density at radius 1 is 1.00 bits per heavy atom. The van der Waals surface area contributed by atoms with Gasteiger partial charge in [-0.3, -0.25) is 0 Å². The Hall–Kier alpha value is -0.820. The molecule has 0 spiro atoms. The Balaban J connectivity index is 2.83. The SMILES string of the molecule is CNC(CC(C)CC(C)C)c1c(C)cccc1C. The molecule has 1 aromatic rings. The molecule has 0 fully saturated rings. The Labute approximate surface area is 113 Å². The van der Waals surface area contributed by atoms with Crippen molar-refractivity contribution in [2.24, 2.45) is 11.8 Å². The monoisotopic (exact) mass is 247 g/mol. The van der Waals surface area contributed by atoms with Crippen LogP contribution in [0.15, 0.2) is 18.2 Å². The first-order valence-corrected chi connectivity index (χ1v) is 7.19. The van der Waals surface area contributed by atoms with Crippen molar-refractivity contribution in [3.8, 4) is 0 Å². The lowest BCUT2D eigenvalue weighted by atomic mass is 9.87. The van der Waals surface area contributed by atoms with Gasteiger partial charge in [0.15, 0.2) is 0 Å². The van der Waals surface area contributed by atoms with Crippen molar-refractivity contribution in [3.63, 3.8) is 0 Å². The molecule has 2 unspecified atom stereocenters. The summed E-state index contributed by atoms with van der Waals surface area (Å²) in [7, 11) is 2.08. The van der Waals surface area contributed by atoms with Crippen LogP contribution in [0.25, 0.3) is 0 Å². The Morgan fingerprint density at radius 2 is 1.56 bits per heavy atom. The summed E-state index contributed by atoms with van der Waals surface area (Å²) in [4.78, 5) is 0. The molecule has 0 bridgehead atoms. The molecular formula is C17H29N. The van der Waals surface area contributed by atoms with Gasteiger partial charge in [0.1, 0.15) is 0 Å². The van der Waals surface area contributed by atoms with Gasteiger partial charge in [-0.25, -0.2) is 0 Å². The summed E-state index contributed by atoms with van der Waals surface area (Å²) in [6, 6.07) is 7.08. The van der Waals surface area contributed by atoms with Gasteiger partial charge in [-0.15, -0.1) is 0 Å². The van der Waals surface area contributed by atoms with Crippen LogP contribution in [0.3, 0.4) is 0 Å². The van der Waals surface area contributed by atoms with Gasteiger partial charge in [0, 0.05) is 6.04 Å². The molecule has 1 heteroatoms. The highest BCUT2D eigenvalue weighted by molar-refractivity contribution is 5.36. The third-order valence-electron chi connectivity index (χ3n) is 3.75. The van der Waals surface area contributed by atoms with E-state index in [0.717, 1.165) is 11.8 Å². The average Bonchev–Trinajstić information content (AvgIpc) is 2.26. The van der Waals surface area contributed by atoms with E-state index in [1.165, 1.54) is 29.5 Å². The van der Waals surface area contributed by atoms with Crippen molar-refractivity contribution in [3.05, 3.63) is 34.9 Å². The van der Waals surface area contributed by atoms with Crippen molar-refractivity contribution in [1.82, 2.24) is 5.32 Å². The minimum Gasteiger partial charge on any atom is -0.313 e. The molecule has 0 aliphatic carbocycles. The van der Waals surface area contributed by atoms with Crippen LogP contribution in [0.2, 0.25) is 0 Å². The third-order valence-corrected chi connectivity index (χ3v) is 3.75. The highest BCUT2D eigenvalue weighted by Crippen LogP contribution is 2.29. The van der Waals surface area contributed by atoms with E-state index in [4.69, 9.17) is 0 Å². The van der Waals surface area contributed by atoms with Gasteiger partial charge in [0.2, 0.25) is 0 Å². The zero-order valence-corrected chi connectivity index (χ0v) is 12.9. The molecule has 1 nitrogen and oxygen atoms in total. The first kappa shape index (κ1) is 15.2. The molecule has 0 aliphatic heterocycles. The molecule has 0 saturated carbocycles. The zero-order chi connectivity index (χ0) is 13.7. The lowest BCUT2D eigenvalue weighted by Gasteiger charge is -2.25. The normalized spacial score (nSPS) is 14.8. The lowest BCUT2D eigenvalue weighted by Crippen LogP contribution is -2.21. The number of benzene rings is 1. The first-order chi connectivity index (χ1) is 8.45. The molecule has 0 saturated heterocycles. The number of rotatable bonds is 6. The van der Waals surface area contributed by atoms with Crippen molar-refractivity contribution in [1.29, 1.82) is 0 Å². The van der Waals surface area contributed by atoms with Crippen LogP contribution in [0, 0.1) is 25.7 Å². The van der Waals surface area contributed by atoms with E-state index in [-0.39, 0.29) is 0 Å². The van der Waals surface area contributed by atoms with Gasteiger partial charge in [0.25, 0.3) is 0 Å². The fraction of sp³-hybridized carbons (Fsp3) is 0.647. The topological polar surface area (TPSA) is 12.0 Å². The second-order valence-corrected chi connectivity index (χ2v) is 6.12. The minimum absolute atomic E-state index is 0.486. The fourth-order valence-electron chi connectivity index (χ4n) is 3.06. The van der Waals surface area contributed by atoms with Gasteiger partial charge in [-0.2, -0.15) is 0 Å². The summed E-state index contributed by atoms with van der Waals surface area (Å²) >= 11 is 0. The molecule has 0 amide bonds. The van der Waals surface area contributed by atoms with E-state index in [0.29, 0.717) is 6.04 Å². The molecule has 0 aliphatic rings. The Kier molecular flexibility index (Phi) is 5.87. The maximum Gasteiger partial charge on any atom is 0.0325 e. The fourth-order valence-corrected chi connectivity index (χ4v) is 3.06. The van der Waals surface area contributed by atoms with E-state index >= 15 is 0 Å². The van der Waals surface area contributed by atoms with Crippen LogP contribution in [-0.2, 0) is 0 Å². The molecule has 2 atom stereocenters. The van der Waals surface area contributed by atoms with Gasteiger partial charge in [0.05, 0.1) is 0 Å². The van der Waals surface area contributed by atoms with Crippen LogP contribution < -0.4 is 5.32 Å². The highest BCUT2D eigenvalue weighted by atomic mass is 14.9. The van der Waals surface area contributed by atoms with Crippen LogP contribution >= 0.6 is 0 Å². The molecule has 0 aromatic heterocycles. The molecule has 0 radical (unpaired) electrons. The van der Waals surface area contributed by atoms with E-state index in [1.54, 1.807) is 0 Å². The van der Waals surface area contributed by atoms with Crippen LogP contribution in [0.1, 0.15) is 56.3 Å². The predicted octanol–water partition coefficient (Wildman–Crippen LogP) is 4.64. The highest BCUT2D eigenvalue weighted by Gasteiger charge is 2.17. The van der Waals surface area contributed by atoms with E-state index in [1.807, 2.05) is 0 Å². The lowest BCUT2D eigenvalue weighted by molar-refractivity contribution is 0.365. The molecule has 0 heterocycles. The van der Waals surface area contributed by atoms with Crippen LogP contribution in [-0.4, -0.2) is 7.05 Å². The van der Waals surface area contributed by atoms with E-state index in [9.17, 15) is 0 Å².